The summed E-state index contributed by atoms with van der Waals surface area (Å²) in [5.74, 6) is 0. The van der Waals surface area contributed by atoms with Crippen LogP contribution in [0.25, 0.3) is 0 Å². The molecule has 1 aromatic rings. The second-order valence-electron chi connectivity index (χ2n) is 7.56. The van der Waals surface area contributed by atoms with E-state index in [9.17, 15) is 14.9 Å². The van der Waals surface area contributed by atoms with Crippen molar-refractivity contribution in [3.05, 3.63) is 46.5 Å². The predicted octanol–water partition coefficient (Wildman–Crippen LogP) is 8.25. The van der Waals surface area contributed by atoms with Crippen LogP contribution in [0.3, 0.4) is 0 Å². The molecule has 0 bridgehead atoms. The van der Waals surface area contributed by atoms with Crippen molar-refractivity contribution in [3.8, 4) is 0 Å². The Hall–Kier alpha value is -1.62. The lowest BCUT2D eigenvalue weighted by Gasteiger charge is -2.02. The maximum atomic E-state index is 12.0. The van der Waals surface area contributed by atoms with Gasteiger partial charge in [-0.15, -0.1) is 0 Å². The van der Waals surface area contributed by atoms with Gasteiger partial charge >= 0.3 is 0 Å². The third-order valence-corrected chi connectivity index (χ3v) is 5.86. The number of hydrogen-bond acceptors (Lipinski definition) is 4. The minimum Gasteiger partial charge on any atom is -0.287 e. The number of benzene rings is 1. The first kappa shape index (κ1) is 25.4. The van der Waals surface area contributed by atoms with Gasteiger partial charge in [0.1, 0.15) is 0 Å². The minimum absolute atomic E-state index is 0.0547. The lowest BCUT2D eigenvalue weighted by molar-refractivity contribution is -0.384. The van der Waals surface area contributed by atoms with E-state index in [1.807, 2.05) is 0 Å². The van der Waals surface area contributed by atoms with Crippen molar-refractivity contribution in [2.45, 2.75) is 102 Å². The average Bonchev–Trinajstić information content (AvgIpc) is 2.71. The minimum atomic E-state index is -0.429. The molecule has 162 valence electrons. The molecule has 0 radical (unpaired) electrons. The highest BCUT2D eigenvalue weighted by atomic mass is 32.2. The highest BCUT2D eigenvalue weighted by Crippen LogP contribution is 2.24. The van der Waals surface area contributed by atoms with E-state index in [0.717, 1.165) is 17.7 Å². The second kappa shape index (κ2) is 17.3. The SMILES string of the molecule is CCCCCCCC/C=C\CCCCCCCC(=O)Sc1ccc([N+](=O)[O-])cc1. The molecule has 0 unspecified atom stereocenters. The molecule has 0 fully saturated rings. The first-order valence-corrected chi connectivity index (χ1v) is 12.0. The Morgan fingerprint density at radius 3 is 1.93 bits per heavy atom. The zero-order valence-electron chi connectivity index (χ0n) is 17.9. The van der Waals surface area contributed by atoms with Crippen LogP contribution in [-0.2, 0) is 4.79 Å². The molecule has 1 rings (SSSR count). The van der Waals surface area contributed by atoms with Gasteiger partial charge in [0.15, 0.2) is 5.12 Å². The van der Waals surface area contributed by atoms with Crippen molar-refractivity contribution in [2.24, 2.45) is 0 Å². The number of rotatable bonds is 17. The van der Waals surface area contributed by atoms with E-state index in [1.54, 1.807) is 12.1 Å². The number of hydrogen-bond donors (Lipinski definition) is 0. The predicted molar refractivity (Wildman–Crippen MR) is 123 cm³/mol. The lowest BCUT2D eigenvalue weighted by Crippen LogP contribution is -1.92. The van der Waals surface area contributed by atoms with Crippen molar-refractivity contribution >= 4 is 22.6 Å². The molecule has 0 aliphatic carbocycles. The largest absolute Gasteiger partial charge is 0.287 e. The number of thioether (sulfide) groups is 1. The van der Waals surface area contributed by atoms with Crippen LogP contribution < -0.4 is 0 Å². The molecule has 29 heavy (non-hydrogen) atoms. The standard InChI is InChI=1S/C24H37NO3S/c1-2-3-4-5-6-7-8-9-10-11-12-13-14-15-16-17-24(26)29-23-20-18-22(19-21-23)25(27)28/h9-10,18-21H,2-8,11-17H2,1H3/b10-9-. The van der Waals surface area contributed by atoms with Gasteiger partial charge in [-0.25, -0.2) is 0 Å². The van der Waals surface area contributed by atoms with E-state index in [1.165, 1.54) is 94.5 Å². The summed E-state index contributed by atoms with van der Waals surface area (Å²) < 4.78 is 0. The van der Waals surface area contributed by atoms with E-state index >= 15 is 0 Å². The Bertz CT molecular complexity index is 599. The van der Waals surface area contributed by atoms with Crippen LogP contribution in [0.1, 0.15) is 96.8 Å². The Morgan fingerprint density at radius 1 is 0.862 bits per heavy atom. The maximum Gasteiger partial charge on any atom is 0.269 e. The number of allylic oxidation sites excluding steroid dienone is 2. The Kier molecular flexibility index (Phi) is 15.1. The smallest absolute Gasteiger partial charge is 0.269 e. The van der Waals surface area contributed by atoms with E-state index in [-0.39, 0.29) is 10.8 Å². The van der Waals surface area contributed by atoms with Crippen molar-refractivity contribution in [2.75, 3.05) is 0 Å². The van der Waals surface area contributed by atoms with Gasteiger partial charge in [0.05, 0.1) is 4.92 Å². The Balaban J connectivity index is 1.93. The number of nitrogens with zero attached hydrogens (tertiary/aromatic N) is 1. The molecule has 0 aliphatic rings. The maximum absolute atomic E-state index is 12.0. The van der Waals surface area contributed by atoms with Gasteiger partial charge in [-0.05, 0) is 44.2 Å². The summed E-state index contributed by atoms with van der Waals surface area (Å²) in [6.07, 6.45) is 21.5. The van der Waals surface area contributed by atoms with Gasteiger partial charge in [-0.3, -0.25) is 14.9 Å². The molecule has 0 saturated carbocycles. The molecule has 1 aromatic carbocycles. The van der Waals surface area contributed by atoms with Gasteiger partial charge in [0.2, 0.25) is 0 Å². The lowest BCUT2D eigenvalue weighted by atomic mass is 10.1. The summed E-state index contributed by atoms with van der Waals surface area (Å²) in [7, 11) is 0. The van der Waals surface area contributed by atoms with Crippen molar-refractivity contribution in [3.63, 3.8) is 0 Å². The van der Waals surface area contributed by atoms with Gasteiger partial charge in [-0.1, -0.05) is 82.2 Å². The number of nitro groups is 1. The highest BCUT2D eigenvalue weighted by Gasteiger charge is 2.08. The van der Waals surface area contributed by atoms with E-state index in [0.29, 0.717) is 6.42 Å². The topological polar surface area (TPSA) is 60.2 Å². The van der Waals surface area contributed by atoms with Crippen LogP contribution in [0.2, 0.25) is 0 Å². The van der Waals surface area contributed by atoms with Crippen molar-refractivity contribution in [1.29, 1.82) is 0 Å². The molecular weight excluding hydrogens is 382 g/mol. The van der Waals surface area contributed by atoms with Crippen molar-refractivity contribution < 1.29 is 9.72 Å². The zero-order valence-corrected chi connectivity index (χ0v) is 18.8. The van der Waals surface area contributed by atoms with E-state index < -0.39 is 4.92 Å². The summed E-state index contributed by atoms with van der Waals surface area (Å²) in [4.78, 5) is 23.0. The van der Waals surface area contributed by atoms with Gasteiger partial charge in [-0.2, -0.15) is 0 Å². The van der Waals surface area contributed by atoms with Crippen LogP contribution in [0, 0.1) is 10.1 Å². The van der Waals surface area contributed by atoms with E-state index in [2.05, 4.69) is 19.1 Å². The Labute approximate surface area is 180 Å². The Morgan fingerprint density at radius 2 is 1.38 bits per heavy atom. The quantitative estimate of drug-likeness (QED) is 0.0838. The number of nitro benzene ring substituents is 1. The summed E-state index contributed by atoms with van der Waals surface area (Å²) in [5, 5.41) is 10.8. The molecule has 0 aliphatic heterocycles. The summed E-state index contributed by atoms with van der Waals surface area (Å²) in [6.45, 7) is 2.26. The summed E-state index contributed by atoms with van der Waals surface area (Å²) >= 11 is 1.18. The van der Waals surface area contributed by atoms with E-state index in [4.69, 9.17) is 0 Å². The molecule has 0 spiro atoms. The fraction of sp³-hybridized carbons (Fsp3) is 0.625. The fourth-order valence-electron chi connectivity index (χ4n) is 3.16. The number of non-ortho nitro benzene ring substituents is 1. The number of unbranched alkanes of at least 4 members (excludes halogenated alkanes) is 11. The van der Waals surface area contributed by atoms with Gasteiger partial charge < -0.3 is 0 Å². The monoisotopic (exact) mass is 419 g/mol. The van der Waals surface area contributed by atoms with Crippen LogP contribution >= 0.6 is 11.8 Å². The number of carbonyl (C=O) groups is 1. The second-order valence-corrected chi connectivity index (χ2v) is 8.69. The van der Waals surface area contributed by atoms with Gasteiger partial charge in [0, 0.05) is 23.4 Å². The zero-order chi connectivity index (χ0) is 21.2. The van der Waals surface area contributed by atoms with Crippen molar-refractivity contribution in [1.82, 2.24) is 0 Å². The van der Waals surface area contributed by atoms with Crippen LogP contribution in [0.4, 0.5) is 5.69 Å². The van der Waals surface area contributed by atoms with Crippen LogP contribution in [0.15, 0.2) is 41.3 Å². The van der Waals surface area contributed by atoms with Crippen LogP contribution in [0.5, 0.6) is 0 Å². The molecule has 4 nitrogen and oxygen atoms in total. The molecule has 0 N–H and O–H groups in total. The fourth-order valence-corrected chi connectivity index (χ4v) is 3.94. The molecule has 0 amide bonds. The first-order chi connectivity index (χ1) is 14.1. The molecule has 0 heterocycles. The number of carbonyl (C=O) groups excluding carboxylic acids is 1. The summed E-state index contributed by atoms with van der Waals surface area (Å²) in [6, 6.07) is 6.16. The molecule has 0 saturated heterocycles. The highest BCUT2D eigenvalue weighted by molar-refractivity contribution is 8.13. The first-order valence-electron chi connectivity index (χ1n) is 11.2. The van der Waals surface area contributed by atoms with Gasteiger partial charge in [0.25, 0.3) is 5.69 Å². The normalized spacial score (nSPS) is 11.2. The molecule has 0 aromatic heterocycles. The van der Waals surface area contributed by atoms with Crippen LogP contribution in [-0.4, -0.2) is 10.0 Å². The molecule has 5 heteroatoms. The third kappa shape index (κ3) is 14.1. The molecular formula is C24H37NO3S. The average molecular weight is 420 g/mol. The molecule has 0 atom stereocenters. The third-order valence-electron chi connectivity index (χ3n) is 4.92. The summed E-state index contributed by atoms with van der Waals surface area (Å²) in [5.41, 5.74) is 0.0547.